The second-order valence-corrected chi connectivity index (χ2v) is 8.73. The van der Waals surface area contributed by atoms with Gasteiger partial charge in [0, 0.05) is 28.1 Å². The predicted molar refractivity (Wildman–Crippen MR) is 144 cm³/mol. The molecule has 36 heavy (non-hydrogen) atoms. The Bertz CT molecular complexity index is 1450. The highest BCUT2D eigenvalue weighted by Gasteiger charge is 2.07. The zero-order valence-electron chi connectivity index (χ0n) is 19.2. The Kier molecular flexibility index (Phi) is 8.46. The van der Waals surface area contributed by atoms with Crippen molar-refractivity contribution in [3.8, 4) is 28.8 Å². The number of carbonyl (C=O) groups is 1. The topological polar surface area (TPSA) is 75.2 Å². The van der Waals surface area contributed by atoms with E-state index >= 15 is 0 Å². The summed E-state index contributed by atoms with van der Waals surface area (Å²) in [5.74, 6) is 6.85. The Labute approximate surface area is 219 Å². The summed E-state index contributed by atoms with van der Waals surface area (Å²) in [7, 11) is 0. The number of hydrogen-bond acceptors (Lipinski definition) is 3. The molecule has 0 aliphatic rings. The highest BCUT2D eigenvalue weighted by atomic mass is 35.5. The Morgan fingerprint density at radius 2 is 1.81 bits per heavy atom. The molecule has 0 amide bonds. The number of nitrogens with one attached hydrogen (secondary N) is 1. The van der Waals surface area contributed by atoms with Gasteiger partial charge in [-0.25, -0.2) is 4.98 Å². The first-order valence-electron chi connectivity index (χ1n) is 11.2. The van der Waals surface area contributed by atoms with E-state index in [2.05, 4.69) is 21.8 Å². The summed E-state index contributed by atoms with van der Waals surface area (Å²) in [6.45, 7) is 0.354. The lowest BCUT2D eigenvalue weighted by atomic mass is 10.1. The van der Waals surface area contributed by atoms with Gasteiger partial charge >= 0.3 is 5.97 Å². The third-order valence-corrected chi connectivity index (χ3v) is 5.70. The summed E-state index contributed by atoms with van der Waals surface area (Å²) in [6, 6.07) is 20.7. The lowest BCUT2D eigenvalue weighted by molar-refractivity contribution is -0.137. The number of carboxylic acid groups (broad SMARTS) is 1. The Balaban J connectivity index is 1.36. The fraction of sp³-hybridized carbons (Fsp3) is 0.103. The van der Waals surface area contributed by atoms with Crippen molar-refractivity contribution in [2.75, 3.05) is 6.61 Å². The summed E-state index contributed by atoms with van der Waals surface area (Å²) in [4.78, 5) is 18.2. The quantitative estimate of drug-likeness (QED) is 0.192. The molecule has 0 radical (unpaired) electrons. The second kappa shape index (κ2) is 12.1. The van der Waals surface area contributed by atoms with Gasteiger partial charge in [-0.05, 0) is 66.6 Å². The monoisotopic (exact) mass is 516 g/mol. The van der Waals surface area contributed by atoms with Crippen LogP contribution in [0.4, 0.5) is 0 Å². The van der Waals surface area contributed by atoms with Gasteiger partial charge in [0.2, 0.25) is 0 Å². The number of aromatic amines is 1. The van der Waals surface area contributed by atoms with E-state index in [4.69, 9.17) is 33.0 Å². The van der Waals surface area contributed by atoms with Crippen molar-refractivity contribution < 1.29 is 14.6 Å². The van der Waals surface area contributed by atoms with E-state index in [1.807, 2.05) is 66.7 Å². The Morgan fingerprint density at radius 1 is 1.00 bits per heavy atom. The highest BCUT2D eigenvalue weighted by molar-refractivity contribution is 6.36. The summed E-state index contributed by atoms with van der Waals surface area (Å²) in [6.07, 6.45) is 6.16. The molecule has 5 nitrogen and oxygen atoms in total. The van der Waals surface area contributed by atoms with Crippen LogP contribution in [0.1, 0.15) is 35.4 Å². The molecule has 0 spiro atoms. The molecular formula is C29H22Cl2N2O3. The van der Waals surface area contributed by atoms with Crippen molar-refractivity contribution >= 4 is 41.3 Å². The maximum absolute atomic E-state index is 10.6. The maximum atomic E-state index is 10.6. The Hall–Kier alpha value is -3.98. The van der Waals surface area contributed by atoms with Gasteiger partial charge in [0.1, 0.15) is 11.6 Å². The molecule has 0 saturated heterocycles. The van der Waals surface area contributed by atoms with Gasteiger partial charge in [-0.2, -0.15) is 0 Å². The molecule has 0 saturated carbocycles. The van der Waals surface area contributed by atoms with Crippen LogP contribution in [0, 0.1) is 11.8 Å². The second-order valence-electron chi connectivity index (χ2n) is 7.89. The molecule has 2 N–H and O–H groups in total. The lowest BCUT2D eigenvalue weighted by Crippen LogP contribution is -2.02. The first-order valence-corrected chi connectivity index (χ1v) is 12.0. The van der Waals surface area contributed by atoms with Crippen LogP contribution in [0.5, 0.6) is 5.75 Å². The smallest absolute Gasteiger partial charge is 0.303 e. The van der Waals surface area contributed by atoms with Crippen molar-refractivity contribution in [1.82, 2.24) is 9.97 Å². The van der Waals surface area contributed by atoms with Gasteiger partial charge in [0.05, 0.1) is 23.5 Å². The van der Waals surface area contributed by atoms with Crippen molar-refractivity contribution in [2.45, 2.75) is 12.8 Å². The largest absolute Gasteiger partial charge is 0.494 e. The fourth-order valence-electron chi connectivity index (χ4n) is 3.34. The number of ether oxygens (including phenoxy) is 1. The average molecular weight is 517 g/mol. The van der Waals surface area contributed by atoms with Crippen molar-refractivity contribution in [3.63, 3.8) is 0 Å². The molecular weight excluding hydrogens is 495 g/mol. The summed E-state index contributed by atoms with van der Waals surface area (Å²) >= 11 is 12.3. The number of benzene rings is 3. The minimum atomic E-state index is -0.825. The number of carboxylic acids is 1. The molecule has 0 bridgehead atoms. The van der Waals surface area contributed by atoms with Crippen molar-refractivity contribution in [2.24, 2.45) is 0 Å². The molecule has 7 heteroatoms. The lowest BCUT2D eigenvalue weighted by Gasteiger charge is -2.05. The van der Waals surface area contributed by atoms with Crippen LogP contribution in [-0.4, -0.2) is 27.7 Å². The standard InChI is InChI=1S/C29H22Cl2N2O3/c30-23-13-14-25(26(31)18-23)27-19-32-28(33-27)15-12-21-8-6-20(7-9-21)10-11-22-3-1-4-24(17-22)36-16-2-5-29(34)35/h1,3-4,6-9,12-15,17-19H,2,5,16H2,(H,32,33)(H,34,35)/b15-12+. The van der Waals surface area contributed by atoms with E-state index in [1.165, 1.54) is 0 Å². The highest BCUT2D eigenvalue weighted by Crippen LogP contribution is 2.29. The number of rotatable bonds is 8. The van der Waals surface area contributed by atoms with E-state index in [9.17, 15) is 4.79 Å². The van der Waals surface area contributed by atoms with Crippen LogP contribution in [0.15, 0.2) is 72.9 Å². The van der Waals surface area contributed by atoms with Crippen LogP contribution in [0.25, 0.3) is 23.4 Å². The zero-order valence-corrected chi connectivity index (χ0v) is 20.7. The molecule has 3 aromatic carbocycles. The maximum Gasteiger partial charge on any atom is 0.303 e. The number of aromatic nitrogens is 2. The average Bonchev–Trinajstić information content (AvgIpc) is 3.33. The van der Waals surface area contributed by atoms with E-state index in [1.54, 1.807) is 18.3 Å². The number of hydrogen-bond donors (Lipinski definition) is 2. The summed E-state index contributed by atoms with van der Waals surface area (Å²) in [5.41, 5.74) is 4.38. The van der Waals surface area contributed by atoms with Crippen LogP contribution in [0.3, 0.4) is 0 Å². The molecule has 0 aliphatic carbocycles. The van der Waals surface area contributed by atoms with E-state index in [-0.39, 0.29) is 6.42 Å². The molecule has 0 atom stereocenters. The molecule has 0 fully saturated rings. The third kappa shape index (κ3) is 7.26. The zero-order chi connectivity index (χ0) is 25.3. The molecule has 180 valence electrons. The summed E-state index contributed by atoms with van der Waals surface area (Å²) in [5, 5.41) is 9.85. The first kappa shape index (κ1) is 25.1. The number of aliphatic carboxylic acids is 1. The van der Waals surface area contributed by atoms with Gasteiger partial charge in [0.15, 0.2) is 0 Å². The van der Waals surface area contributed by atoms with Crippen LogP contribution >= 0.6 is 23.2 Å². The summed E-state index contributed by atoms with van der Waals surface area (Å²) < 4.78 is 5.61. The molecule has 0 unspecified atom stereocenters. The normalized spacial score (nSPS) is 10.7. The molecule has 4 aromatic rings. The van der Waals surface area contributed by atoms with E-state index < -0.39 is 5.97 Å². The van der Waals surface area contributed by atoms with Gasteiger partial charge < -0.3 is 14.8 Å². The Morgan fingerprint density at radius 3 is 2.58 bits per heavy atom. The molecule has 0 aliphatic heterocycles. The van der Waals surface area contributed by atoms with Crippen molar-refractivity contribution in [3.05, 3.63) is 105 Å². The van der Waals surface area contributed by atoms with Crippen molar-refractivity contribution in [1.29, 1.82) is 0 Å². The molecule has 1 aromatic heterocycles. The third-order valence-electron chi connectivity index (χ3n) is 5.15. The van der Waals surface area contributed by atoms with Crippen LogP contribution in [-0.2, 0) is 4.79 Å². The fourth-order valence-corrected chi connectivity index (χ4v) is 3.85. The molecule has 1 heterocycles. The van der Waals surface area contributed by atoms with E-state index in [0.717, 1.165) is 27.9 Å². The van der Waals surface area contributed by atoms with E-state index in [0.29, 0.717) is 34.6 Å². The molecule has 4 rings (SSSR count). The number of imidazole rings is 1. The van der Waals surface area contributed by atoms with Gasteiger partial charge in [-0.3, -0.25) is 4.79 Å². The van der Waals surface area contributed by atoms with Gasteiger partial charge in [0.25, 0.3) is 0 Å². The van der Waals surface area contributed by atoms with Gasteiger partial charge in [-0.1, -0.05) is 59.3 Å². The minimum Gasteiger partial charge on any atom is -0.494 e. The van der Waals surface area contributed by atoms with Crippen LogP contribution < -0.4 is 4.74 Å². The predicted octanol–water partition coefficient (Wildman–Crippen LogP) is 7.20. The number of nitrogens with zero attached hydrogens (tertiary/aromatic N) is 1. The number of H-pyrrole nitrogens is 1. The number of halogens is 2. The van der Waals surface area contributed by atoms with Gasteiger partial charge in [-0.15, -0.1) is 0 Å². The first-order chi connectivity index (χ1) is 17.5. The SMILES string of the molecule is O=C(O)CCCOc1cccc(C#Cc2ccc(/C=C/c3ncc(-c4ccc(Cl)cc4Cl)[nH]3)cc2)c1. The minimum absolute atomic E-state index is 0.0888. The van der Waals surface area contributed by atoms with Crippen LogP contribution in [0.2, 0.25) is 10.0 Å².